The van der Waals surface area contributed by atoms with Crippen LogP contribution < -0.4 is 21.1 Å². The van der Waals surface area contributed by atoms with Gasteiger partial charge < -0.3 is 20.5 Å². The lowest BCUT2D eigenvalue weighted by molar-refractivity contribution is -0.123. The summed E-state index contributed by atoms with van der Waals surface area (Å²) in [6.07, 6.45) is 1.79. The summed E-state index contributed by atoms with van der Waals surface area (Å²) < 4.78 is 9.86. The molecule has 0 heterocycles. The van der Waals surface area contributed by atoms with Crippen LogP contribution in [-0.2, 0) is 9.53 Å². The number of anilines is 1. The number of halogens is 1. The molecule has 9 heteroatoms. The molecule has 2 rings (SSSR count). The molecule has 1 fully saturated rings. The van der Waals surface area contributed by atoms with E-state index in [0.717, 1.165) is 12.8 Å². The molecule has 0 aromatic heterocycles. The monoisotopic (exact) mass is 341 g/mol. The zero-order valence-corrected chi connectivity index (χ0v) is 13.1. The van der Waals surface area contributed by atoms with Crippen LogP contribution >= 0.6 is 11.6 Å². The van der Waals surface area contributed by atoms with Gasteiger partial charge in [0.05, 0.1) is 17.8 Å². The van der Waals surface area contributed by atoms with Gasteiger partial charge in [-0.05, 0) is 18.9 Å². The predicted molar refractivity (Wildman–Crippen MR) is 82.4 cm³/mol. The molecule has 0 saturated heterocycles. The fourth-order valence-electron chi connectivity index (χ4n) is 1.72. The molecule has 23 heavy (non-hydrogen) atoms. The minimum absolute atomic E-state index is 0.0296. The molecular weight excluding hydrogens is 326 g/mol. The number of ether oxygens (including phenoxy) is 2. The number of rotatable bonds is 5. The Morgan fingerprint density at radius 1 is 1.35 bits per heavy atom. The van der Waals surface area contributed by atoms with E-state index in [2.05, 4.69) is 10.6 Å². The molecule has 0 bridgehead atoms. The van der Waals surface area contributed by atoms with Crippen LogP contribution in [0, 0.1) is 0 Å². The smallest absolute Gasteiger partial charge is 0.342 e. The largest absolute Gasteiger partial charge is 0.496 e. The van der Waals surface area contributed by atoms with Gasteiger partial charge in [-0.15, -0.1) is 0 Å². The third kappa shape index (κ3) is 4.75. The van der Waals surface area contributed by atoms with Crippen molar-refractivity contribution in [2.75, 3.05) is 19.5 Å². The zero-order valence-electron chi connectivity index (χ0n) is 12.3. The van der Waals surface area contributed by atoms with E-state index in [0.29, 0.717) is 0 Å². The Labute approximate surface area is 137 Å². The maximum absolute atomic E-state index is 12.0. The first-order chi connectivity index (χ1) is 10.9. The highest BCUT2D eigenvalue weighted by Gasteiger charge is 2.24. The molecule has 124 valence electrons. The molecule has 0 spiro atoms. The average molecular weight is 342 g/mol. The number of carbonyl (C=O) groups excluding carboxylic acids is 3. The highest BCUT2D eigenvalue weighted by molar-refractivity contribution is 6.33. The summed E-state index contributed by atoms with van der Waals surface area (Å²) >= 11 is 5.85. The first-order valence-corrected chi connectivity index (χ1v) is 7.19. The molecule has 1 aliphatic carbocycles. The lowest BCUT2D eigenvalue weighted by Crippen LogP contribution is -2.42. The fraction of sp³-hybridized carbons (Fsp3) is 0.357. The molecule has 0 unspecified atom stereocenters. The van der Waals surface area contributed by atoms with Gasteiger partial charge in [-0.2, -0.15) is 0 Å². The van der Waals surface area contributed by atoms with Gasteiger partial charge in [-0.25, -0.2) is 9.59 Å². The van der Waals surface area contributed by atoms with Crippen molar-refractivity contribution in [3.05, 3.63) is 22.7 Å². The Kier molecular flexibility index (Phi) is 5.28. The Bertz CT molecular complexity index is 646. The van der Waals surface area contributed by atoms with Crippen molar-refractivity contribution >= 4 is 35.2 Å². The van der Waals surface area contributed by atoms with Crippen LogP contribution in [0.1, 0.15) is 23.2 Å². The lowest BCUT2D eigenvalue weighted by Gasteiger charge is -2.10. The summed E-state index contributed by atoms with van der Waals surface area (Å²) in [5.41, 5.74) is 5.89. The van der Waals surface area contributed by atoms with Gasteiger partial charge in [0.1, 0.15) is 11.3 Å². The topological polar surface area (TPSA) is 120 Å². The first kappa shape index (κ1) is 16.9. The highest BCUT2D eigenvalue weighted by atomic mass is 35.5. The number of hydrogen-bond donors (Lipinski definition) is 3. The molecular formula is C14H16ClN3O5. The molecule has 1 saturated carbocycles. The molecule has 8 nitrogen and oxygen atoms in total. The zero-order chi connectivity index (χ0) is 17.0. The number of amides is 3. The molecule has 0 atom stereocenters. The average Bonchev–Trinajstić information content (AvgIpc) is 3.30. The van der Waals surface area contributed by atoms with Crippen LogP contribution in [0.5, 0.6) is 5.75 Å². The fourth-order valence-corrected chi connectivity index (χ4v) is 1.88. The van der Waals surface area contributed by atoms with E-state index in [1.54, 1.807) is 0 Å². The molecule has 1 aromatic rings. The van der Waals surface area contributed by atoms with E-state index in [-0.39, 0.29) is 28.1 Å². The van der Waals surface area contributed by atoms with Crippen LogP contribution in [0.25, 0.3) is 0 Å². The number of benzene rings is 1. The van der Waals surface area contributed by atoms with Crippen molar-refractivity contribution in [1.82, 2.24) is 10.6 Å². The number of carbonyl (C=O) groups is 3. The SMILES string of the molecule is COc1cc(N)c(Cl)cc1C(=O)OCC(=O)NC(=O)NC1CC1. The summed E-state index contributed by atoms with van der Waals surface area (Å²) in [7, 11) is 1.36. The van der Waals surface area contributed by atoms with Crippen molar-refractivity contribution in [2.45, 2.75) is 18.9 Å². The quantitative estimate of drug-likeness (QED) is 0.544. The van der Waals surface area contributed by atoms with Crippen LogP contribution in [0.3, 0.4) is 0 Å². The third-order valence-corrected chi connectivity index (χ3v) is 3.37. The Morgan fingerprint density at radius 3 is 2.65 bits per heavy atom. The Morgan fingerprint density at radius 2 is 2.04 bits per heavy atom. The second-order valence-corrected chi connectivity index (χ2v) is 5.35. The number of urea groups is 1. The number of nitrogens with two attached hydrogens (primary N) is 1. The van der Waals surface area contributed by atoms with Crippen molar-refractivity contribution in [3.8, 4) is 5.75 Å². The van der Waals surface area contributed by atoms with Crippen LogP contribution in [-0.4, -0.2) is 37.7 Å². The highest BCUT2D eigenvalue weighted by Crippen LogP contribution is 2.29. The van der Waals surface area contributed by atoms with Gasteiger partial charge in [0.25, 0.3) is 5.91 Å². The predicted octanol–water partition coefficient (Wildman–Crippen LogP) is 1.08. The summed E-state index contributed by atoms with van der Waals surface area (Å²) in [6, 6.07) is 2.17. The van der Waals surface area contributed by atoms with E-state index in [1.807, 2.05) is 0 Å². The van der Waals surface area contributed by atoms with Gasteiger partial charge in [-0.3, -0.25) is 10.1 Å². The molecule has 0 radical (unpaired) electrons. The van der Waals surface area contributed by atoms with E-state index >= 15 is 0 Å². The summed E-state index contributed by atoms with van der Waals surface area (Å²) in [4.78, 5) is 34.9. The van der Waals surface area contributed by atoms with Crippen molar-refractivity contribution < 1.29 is 23.9 Å². The van der Waals surface area contributed by atoms with Gasteiger partial charge in [-0.1, -0.05) is 11.6 Å². The summed E-state index contributed by atoms with van der Waals surface area (Å²) in [5, 5.41) is 4.80. The molecule has 1 aromatic carbocycles. The maximum Gasteiger partial charge on any atom is 0.342 e. The Balaban J connectivity index is 1.90. The second-order valence-electron chi connectivity index (χ2n) is 4.95. The minimum atomic E-state index is -0.818. The van der Waals surface area contributed by atoms with E-state index < -0.39 is 24.5 Å². The molecule has 3 amide bonds. The number of esters is 1. The van der Waals surface area contributed by atoms with E-state index in [4.69, 9.17) is 26.8 Å². The van der Waals surface area contributed by atoms with Crippen LogP contribution in [0.2, 0.25) is 5.02 Å². The van der Waals surface area contributed by atoms with Crippen molar-refractivity contribution in [1.29, 1.82) is 0 Å². The maximum atomic E-state index is 12.0. The van der Waals surface area contributed by atoms with E-state index in [1.165, 1.54) is 19.2 Å². The van der Waals surface area contributed by atoms with Gasteiger partial charge >= 0.3 is 12.0 Å². The number of imide groups is 1. The molecule has 1 aliphatic rings. The summed E-state index contributed by atoms with van der Waals surface area (Å²) in [6.45, 7) is -0.609. The van der Waals surface area contributed by atoms with Crippen molar-refractivity contribution in [3.63, 3.8) is 0 Å². The molecule has 4 N–H and O–H groups in total. The van der Waals surface area contributed by atoms with E-state index in [9.17, 15) is 14.4 Å². The summed E-state index contributed by atoms with van der Waals surface area (Å²) in [5.74, 6) is -1.39. The second kappa shape index (κ2) is 7.19. The number of nitrogens with one attached hydrogen (secondary N) is 2. The van der Waals surface area contributed by atoms with Crippen LogP contribution in [0.15, 0.2) is 12.1 Å². The number of methoxy groups -OCH3 is 1. The molecule has 0 aliphatic heterocycles. The van der Waals surface area contributed by atoms with Crippen LogP contribution in [0.4, 0.5) is 10.5 Å². The van der Waals surface area contributed by atoms with Gasteiger partial charge in [0.2, 0.25) is 0 Å². The first-order valence-electron chi connectivity index (χ1n) is 6.81. The third-order valence-electron chi connectivity index (χ3n) is 3.04. The van der Waals surface area contributed by atoms with Gasteiger partial charge in [0.15, 0.2) is 6.61 Å². The minimum Gasteiger partial charge on any atom is -0.496 e. The standard InChI is InChI=1S/C14H16ClN3O5/c1-22-11-5-10(16)9(15)4-8(11)13(20)23-6-12(19)18-14(21)17-7-2-3-7/h4-5,7H,2-3,6,16H2,1H3,(H2,17,18,19,21). The normalized spacial score (nSPS) is 13.1. The lowest BCUT2D eigenvalue weighted by atomic mass is 10.2. The van der Waals surface area contributed by atoms with Gasteiger partial charge in [0, 0.05) is 12.1 Å². The van der Waals surface area contributed by atoms with Crippen molar-refractivity contribution in [2.24, 2.45) is 0 Å². The number of nitrogen functional groups attached to an aromatic ring is 1. The Hall–Kier alpha value is -2.48. The number of hydrogen-bond acceptors (Lipinski definition) is 6.